The standard InChI is InChI=1S/C28H26N2O7S/c1-5-15-37-27(34)25-16(3)29-28(38-25)30-22(17-7-11-19(35-4)12-8-17)21(24(32)26(30)33)23(31)18-9-13-20(14-10-18)36-6-2/h5,7-14,22,31H,1,6,15H2,2-4H3/b23-21-. The third-order valence-electron chi connectivity index (χ3n) is 5.82. The Morgan fingerprint density at radius 3 is 2.39 bits per heavy atom. The SMILES string of the molecule is C=CCOC(=O)c1sc(N2C(=O)C(=O)/C(=C(\O)c3ccc(OCC)cc3)C2c2ccc(OC)cc2)nc1C. The van der Waals surface area contributed by atoms with E-state index in [1.54, 1.807) is 55.5 Å². The number of aliphatic hydroxyl groups is 1. The molecule has 1 fully saturated rings. The first-order valence-corrected chi connectivity index (χ1v) is 12.6. The third kappa shape index (κ3) is 5.03. The highest BCUT2D eigenvalue weighted by Crippen LogP contribution is 2.44. The summed E-state index contributed by atoms with van der Waals surface area (Å²) in [5.41, 5.74) is 1.13. The van der Waals surface area contributed by atoms with Crippen LogP contribution in [-0.2, 0) is 14.3 Å². The number of aliphatic hydroxyl groups excluding tert-OH is 1. The Balaban J connectivity index is 1.85. The van der Waals surface area contributed by atoms with Crippen molar-refractivity contribution in [3.63, 3.8) is 0 Å². The molecule has 1 amide bonds. The van der Waals surface area contributed by atoms with Gasteiger partial charge in [-0.1, -0.05) is 36.1 Å². The largest absolute Gasteiger partial charge is 0.507 e. The number of ether oxygens (including phenoxy) is 3. The summed E-state index contributed by atoms with van der Waals surface area (Å²) in [5, 5.41) is 11.4. The molecule has 0 radical (unpaired) electrons. The molecule has 38 heavy (non-hydrogen) atoms. The van der Waals surface area contributed by atoms with Gasteiger partial charge in [0.1, 0.15) is 28.7 Å². The van der Waals surface area contributed by atoms with Crippen LogP contribution in [0, 0.1) is 6.92 Å². The van der Waals surface area contributed by atoms with Crippen LogP contribution in [-0.4, -0.2) is 48.1 Å². The Morgan fingerprint density at radius 1 is 1.13 bits per heavy atom. The van der Waals surface area contributed by atoms with E-state index in [2.05, 4.69) is 11.6 Å². The molecular formula is C28H26N2O7S. The first-order valence-electron chi connectivity index (χ1n) is 11.7. The van der Waals surface area contributed by atoms with E-state index in [0.717, 1.165) is 11.3 Å². The van der Waals surface area contributed by atoms with E-state index in [1.807, 2.05) is 6.92 Å². The second-order valence-corrected chi connectivity index (χ2v) is 9.18. The molecule has 0 spiro atoms. The van der Waals surface area contributed by atoms with Crippen molar-refractivity contribution in [1.82, 2.24) is 4.98 Å². The van der Waals surface area contributed by atoms with Crippen LogP contribution in [0.4, 0.5) is 5.13 Å². The molecule has 1 saturated heterocycles. The number of amides is 1. The highest BCUT2D eigenvalue weighted by Gasteiger charge is 2.48. The van der Waals surface area contributed by atoms with Gasteiger partial charge in [-0.3, -0.25) is 14.5 Å². The van der Waals surface area contributed by atoms with Crippen LogP contribution in [0.1, 0.15) is 39.5 Å². The number of aryl methyl sites for hydroxylation is 1. The van der Waals surface area contributed by atoms with Crippen LogP contribution in [0.2, 0.25) is 0 Å². The summed E-state index contributed by atoms with van der Waals surface area (Å²) in [6.45, 7) is 7.50. The molecule has 1 unspecified atom stereocenters. The van der Waals surface area contributed by atoms with E-state index in [1.165, 1.54) is 18.1 Å². The van der Waals surface area contributed by atoms with Gasteiger partial charge in [0.15, 0.2) is 5.13 Å². The van der Waals surface area contributed by atoms with Gasteiger partial charge >= 0.3 is 11.9 Å². The maximum Gasteiger partial charge on any atom is 0.350 e. The number of rotatable bonds is 9. The summed E-state index contributed by atoms with van der Waals surface area (Å²) in [7, 11) is 1.53. The number of hydrogen-bond donors (Lipinski definition) is 1. The smallest absolute Gasteiger partial charge is 0.350 e. The maximum atomic E-state index is 13.4. The van der Waals surface area contributed by atoms with Gasteiger partial charge in [0.25, 0.3) is 5.78 Å². The highest BCUT2D eigenvalue weighted by molar-refractivity contribution is 7.17. The van der Waals surface area contributed by atoms with E-state index in [-0.39, 0.29) is 27.9 Å². The van der Waals surface area contributed by atoms with Crippen molar-refractivity contribution in [1.29, 1.82) is 0 Å². The van der Waals surface area contributed by atoms with Gasteiger partial charge in [0.05, 0.1) is 31.0 Å². The van der Waals surface area contributed by atoms with Crippen LogP contribution < -0.4 is 14.4 Å². The fourth-order valence-electron chi connectivity index (χ4n) is 4.04. The molecule has 0 aliphatic carbocycles. The molecule has 2 heterocycles. The molecule has 2 aromatic carbocycles. The molecule has 3 aromatic rings. The Bertz CT molecular complexity index is 1410. The molecule has 196 valence electrons. The zero-order valence-corrected chi connectivity index (χ0v) is 21.9. The van der Waals surface area contributed by atoms with Gasteiger partial charge in [-0.05, 0) is 55.8 Å². The van der Waals surface area contributed by atoms with Gasteiger partial charge in [0, 0.05) is 5.56 Å². The van der Waals surface area contributed by atoms with Crippen LogP contribution in [0.5, 0.6) is 11.5 Å². The van der Waals surface area contributed by atoms with Crippen molar-refractivity contribution in [3.05, 3.63) is 88.5 Å². The fraction of sp³-hybridized carbons (Fsp3) is 0.214. The lowest BCUT2D eigenvalue weighted by Gasteiger charge is -2.23. The number of benzene rings is 2. The zero-order chi connectivity index (χ0) is 27.4. The van der Waals surface area contributed by atoms with Crippen molar-refractivity contribution in [2.24, 2.45) is 0 Å². The second kappa shape index (κ2) is 11.3. The van der Waals surface area contributed by atoms with Crippen molar-refractivity contribution in [2.45, 2.75) is 19.9 Å². The number of esters is 1. The van der Waals surface area contributed by atoms with Crippen LogP contribution in [0.3, 0.4) is 0 Å². The highest BCUT2D eigenvalue weighted by atomic mass is 32.1. The lowest BCUT2D eigenvalue weighted by atomic mass is 9.95. The van der Waals surface area contributed by atoms with Crippen molar-refractivity contribution >= 4 is 39.9 Å². The number of nitrogens with zero attached hydrogens (tertiary/aromatic N) is 2. The average Bonchev–Trinajstić information content (AvgIpc) is 3.44. The number of Topliss-reactive ketones (excluding diaryl/α,β-unsaturated/α-hetero) is 1. The summed E-state index contributed by atoms with van der Waals surface area (Å²) < 4.78 is 15.8. The Morgan fingerprint density at radius 2 is 1.79 bits per heavy atom. The van der Waals surface area contributed by atoms with Gasteiger partial charge in [-0.2, -0.15) is 0 Å². The van der Waals surface area contributed by atoms with E-state index in [0.29, 0.717) is 34.9 Å². The topological polar surface area (TPSA) is 115 Å². The van der Waals surface area contributed by atoms with Crippen molar-refractivity contribution in [3.8, 4) is 11.5 Å². The number of methoxy groups -OCH3 is 1. The van der Waals surface area contributed by atoms with E-state index in [4.69, 9.17) is 14.2 Å². The second-order valence-electron chi connectivity index (χ2n) is 8.20. The summed E-state index contributed by atoms with van der Waals surface area (Å²) in [6, 6.07) is 12.3. The molecule has 4 rings (SSSR count). The number of hydrogen-bond acceptors (Lipinski definition) is 9. The molecular weight excluding hydrogens is 508 g/mol. The van der Waals surface area contributed by atoms with Crippen molar-refractivity contribution in [2.75, 3.05) is 25.2 Å². The van der Waals surface area contributed by atoms with E-state index in [9.17, 15) is 19.5 Å². The molecule has 9 nitrogen and oxygen atoms in total. The van der Waals surface area contributed by atoms with Gasteiger partial charge in [-0.15, -0.1) is 0 Å². The molecule has 1 aliphatic heterocycles. The number of aromatic nitrogens is 1. The summed E-state index contributed by atoms with van der Waals surface area (Å²) in [4.78, 5) is 45.1. The predicted molar refractivity (Wildman–Crippen MR) is 143 cm³/mol. The first kappa shape index (κ1) is 26.6. The molecule has 0 bridgehead atoms. The fourth-order valence-corrected chi connectivity index (χ4v) is 5.02. The van der Waals surface area contributed by atoms with Crippen LogP contribution in [0.15, 0.2) is 66.8 Å². The molecule has 10 heteroatoms. The minimum absolute atomic E-state index is 0.0178. The zero-order valence-electron chi connectivity index (χ0n) is 21.1. The number of ketones is 1. The Hall–Kier alpha value is -4.44. The van der Waals surface area contributed by atoms with Gasteiger partial charge in [-0.25, -0.2) is 9.78 Å². The minimum atomic E-state index is -1.00. The number of carbonyl (C=O) groups is 3. The van der Waals surface area contributed by atoms with Crippen LogP contribution in [0.25, 0.3) is 5.76 Å². The first-order chi connectivity index (χ1) is 18.3. The summed E-state index contributed by atoms with van der Waals surface area (Å²) >= 11 is 0.932. The van der Waals surface area contributed by atoms with Crippen molar-refractivity contribution < 1.29 is 33.7 Å². The number of carbonyl (C=O) groups excluding carboxylic acids is 3. The number of anilines is 1. The van der Waals surface area contributed by atoms with Crippen LogP contribution >= 0.6 is 11.3 Å². The minimum Gasteiger partial charge on any atom is -0.507 e. The molecule has 1 N–H and O–H groups in total. The predicted octanol–water partition coefficient (Wildman–Crippen LogP) is 4.83. The molecule has 0 saturated carbocycles. The Labute approximate surface area is 223 Å². The monoisotopic (exact) mass is 534 g/mol. The van der Waals surface area contributed by atoms with Gasteiger partial charge < -0.3 is 19.3 Å². The van der Waals surface area contributed by atoms with Gasteiger partial charge in [0.2, 0.25) is 0 Å². The third-order valence-corrected chi connectivity index (χ3v) is 6.96. The molecule has 1 aliphatic rings. The summed E-state index contributed by atoms with van der Waals surface area (Å²) in [5.74, 6) is -1.52. The normalized spacial score (nSPS) is 16.4. The molecule has 1 aromatic heterocycles. The van der Waals surface area contributed by atoms with E-state index < -0.39 is 23.7 Å². The average molecular weight is 535 g/mol. The summed E-state index contributed by atoms with van der Waals surface area (Å²) in [6.07, 6.45) is 1.44. The number of thiazole rings is 1. The lowest BCUT2D eigenvalue weighted by molar-refractivity contribution is -0.132. The quantitative estimate of drug-likeness (QED) is 0.137. The Kier molecular flexibility index (Phi) is 7.92. The lowest BCUT2D eigenvalue weighted by Crippen LogP contribution is -2.29. The maximum absolute atomic E-state index is 13.4. The van der Waals surface area contributed by atoms with E-state index >= 15 is 0 Å². The molecule has 1 atom stereocenters.